The van der Waals surface area contributed by atoms with Crippen LogP contribution in [-0.2, 0) is 0 Å². The van der Waals surface area contributed by atoms with Gasteiger partial charge in [-0.05, 0) is 55.8 Å². The molecule has 0 radical (unpaired) electrons. The Morgan fingerprint density at radius 1 is 1.28 bits per heavy atom. The van der Waals surface area contributed by atoms with E-state index in [1.165, 1.54) is 12.8 Å². The van der Waals surface area contributed by atoms with E-state index in [-0.39, 0.29) is 12.1 Å². The lowest BCUT2D eigenvalue weighted by Crippen LogP contribution is -2.38. The first-order valence-electron chi connectivity index (χ1n) is 8.59. The third kappa shape index (κ3) is 4.70. The van der Waals surface area contributed by atoms with Gasteiger partial charge in [-0.1, -0.05) is 12.1 Å². The maximum absolute atomic E-state index is 12.2. The molecule has 6 heteroatoms. The van der Waals surface area contributed by atoms with Gasteiger partial charge in [0.1, 0.15) is 5.75 Å². The van der Waals surface area contributed by atoms with Gasteiger partial charge in [0.2, 0.25) is 0 Å². The van der Waals surface area contributed by atoms with Crippen molar-refractivity contribution in [1.82, 2.24) is 15.2 Å². The molecule has 1 atom stereocenters. The second-order valence-corrected chi connectivity index (χ2v) is 6.11. The number of rotatable bonds is 6. The van der Waals surface area contributed by atoms with E-state index in [9.17, 15) is 4.79 Å². The number of hydrogen-bond acceptors (Lipinski definition) is 4. The van der Waals surface area contributed by atoms with E-state index in [0.29, 0.717) is 12.2 Å². The number of anilines is 1. The van der Waals surface area contributed by atoms with Gasteiger partial charge in [-0.2, -0.15) is 0 Å². The molecular formula is C19H24N4O2. The molecule has 6 nitrogen and oxygen atoms in total. The Labute approximate surface area is 148 Å². The zero-order chi connectivity index (χ0) is 17.5. The molecule has 2 amide bonds. The van der Waals surface area contributed by atoms with Crippen LogP contribution in [0.2, 0.25) is 0 Å². The van der Waals surface area contributed by atoms with Gasteiger partial charge in [-0.15, -0.1) is 0 Å². The van der Waals surface area contributed by atoms with Crippen molar-refractivity contribution < 1.29 is 9.53 Å². The Balaban J connectivity index is 1.66. The maximum atomic E-state index is 12.2. The van der Waals surface area contributed by atoms with Crippen LogP contribution in [0.4, 0.5) is 10.5 Å². The summed E-state index contributed by atoms with van der Waals surface area (Å²) in [6, 6.07) is 11.6. The van der Waals surface area contributed by atoms with Crippen molar-refractivity contribution in [2.75, 3.05) is 32.1 Å². The average molecular weight is 340 g/mol. The fourth-order valence-corrected chi connectivity index (χ4v) is 3.16. The van der Waals surface area contributed by atoms with Crippen LogP contribution in [0.15, 0.2) is 48.8 Å². The quantitative estimate of drug-likeness (QED) is 0.848. The van der Waals surface area contributed by atoms with Crippen LogP contribution in [0, 0.1) is 0 Å². The number of nitrogens with one attached hydrogen (secondary N) is 2. The van der Waals surface area contributed by atoms with E-state index >= 15 is 0 Å². The number of carbonyl (C=O) groups is 1. The number of pyridine rings is 1. The largest absolute Gasteiger partial charge is 0.497 e. The molecule has 0 spiro atoms. The maximum Gasteiger partial charge on any atom is 0.319 e. The molecule has 1 fully saturated rings. The van der Waals surface area contributed by atoms with E-state index < -0.39 is 0 Å². The van der Waals surface area contributed by atoms with Gasteiger partial charge in [0, 0.05) is 12.7 Å². The van der Waals surface area contributed by atoms with E-state index in [0.717, 1.165) is 24.4 Å². The van der Waals surface area contributed by atoms with Gasteiger partial charge in [0.15, 0.2) is 0 Å². The van der Waals surface area contributed by atoms with Crippen molar-refractivity contribution in [3.8, 4) is 5.75 Å². The summed E-state index contributed by atoms with van der Waals surface area (Å²) >= 11 is 0. The van der Waals surface area contributed by atoms with Crippen LogP contribution in [0.1, 0.15) is 24.4 Å². The summed E-state index contributed by atoms with van der Waals surface area (Å²) in [5.41, 5.74) is 1.84. The number of ether oxygens (including phenoxy) is 1. The molecule has 0 unspecified atom stereocenters. The Bertz CT molecular complexity index is 687. The van der Waals surface area contributed by atoms with E-state index in [2.05, 4.69) is 26.6 Å². The third-order valence-corrected chi connectivity index (χ3v) is 4.44. The first-order chi connectivity index (χ1) is 12.3. The monoisotopic (exact) mass is 340 g/mol. The average Bonchev–Trinajstić information content (AvgIpc) is 3.17. The lowest BCUT2D eigenvalue weighted by atomic mass is 10.1. The summed E-state index contributed by atoms with van der Waals surface area (Å²) in [5, 5.41) is 5.79. The number of hydrogen-bond donors (Lipinski definition) is 2. The molecule has 1 aromatic heterocycles. The Hall–Kier alpha value is -2.60. The molecule has 2 aromatic rings. The van der Waals surface area contributed by atoms with Crippen LogP contribution in [0.3, 0.4) is 0 Å². The Morgan fingerprint density at radius 3 is 2.84 bits per heavy atom. The highest BCUT2D eigenvalue weighted by molar-refractivity contribution is 5.88. The first-order valence-corrected chi connectivity index (χ1v) is 8.59. The third-order valence-electron chi connectivity index (χ3n) is 4.44. The molecule has 1 aromatic carbocycles. The minimum atomic E-state index is -0.222. The van der Waals surface area contributed by atoms with Crippen LogP contribution in [0.25, 0.3) is 0 Å². The van der Waals surface area contributed by atoms with Crippen molar-refractivity contribution in [3.63, 3.8) is 0 Å². The number of methoxy groups -OCH3 is 1. The van der Waals surface area contributed by atoms with Gasteiger partial charge in [-0.25, -0.2) is 4.79 Å². The predicted molar refractivity (Wildman–Crippen MR) is 97.8 cm³/mol. The van der Waals surface area contributed by atoms with Crippen LogP contribution >= 0.6 is 0 Å². The smallest absolute Gasteiger partial charge is 0.319 e. The van der Waals surface area contributed by atoms with E-state index in [1.807, 2.05) is 24.3 Å². The lowest BCUT2D eigenvalue weighted by Gasteiger charge is -2.28. The van der Waals surface area contributed by atoms with Gasteiger partial charge in [-0.3, -0.25) is 9.88 Å². The SMILES string of the molecule is COc1cccc([C@H](CNC(=O)Nc2cccnc2)N2CCCC2)c1. The molecule has 1 aliphatic rings. The number of carbonyl (C=O) groups excluding carboxylic acids is 1. The Kier molecular flexibility index (Phi) is 5.85. The standard InChI is InChI=1S/C19H24N4O2/c1-25-17-8-4-6-15(12-17)18(23-10-2-3-11-23)14-21-19(24)22-16-7-5-9-20-13-16/h4-9,12-13,18H,2-3,10-11,14H2,1H3,(H2,21,22,24)/t18-/m0/s1. The molecule has 0 aliphatic carbocycles. The second-order valence-electron chi connectivity index (χ2n) is 6.11. The number of nitrogens with zero attached hydrogens (tertiary/aromatic N) is 2. The predicted octanol–water partition coefficient (Wildman–Crippen LogP) is 3.05. The fourth-order valence-electron chi connectivity index (χ4n) is 3.16. The van der Waals surface area contributed by atoms with Crippen molar-refractivity contribution >= 4 is 11.7 Å². The van der Waals surface area contributed by atoms with Gasteiger partial charge in [0.25, 0.3) is 0 Å². The molecule has 3 rings (SSSR count). The van der Waals surface area contributed by atoms with E-state index in [4.69, 9.17) is 4.74 Å². The molecule has 132 valence electrons. The minimum absolute atomic E-state index is 0.136. The molecule has 1 aliphatic heterocycles. The second kappa shape index (κ2) is 8.48. The van der Waals surface area contributed by atoms with Crippen LogP contribution in [-0.4, -0.2) is 42.7 Å². The molecule has 1 saturated heterocycles. The van der Waals surface area contributed by atoms with E-state index in [1.54, 1.807) is 25.6 Å². The van der Waals surface area contributed by atoms with Gasteiger partial charge >= 0.3 is 6.03 Å². The van der Waals surface area contributed by atoms with Gasteiger partial charge in [0.05, 0.1) is 25.0 Å². The van der Waals surface area contributed by atoms with Crippen molar-refractivity contribution in [2.45, 2.75) is 18.9 Å². The van der Waals surface area contributed by atoms with Crippen LogP contribution < -0.4 is 15.4 Å². The molecule has 0 saturated carbocycles. The number of aromatic nitrogens is 1. The highest BCUT2D eigenvalue weighted by Crippen LogP contribution is 2.27. The normalized spacial score (nSPS) is 15.6. The number of benzene rings is 1. The number of likely N-dealkylation sites (tertiary alicyclic amines) is 1. The number of urea groups is 1. The number of amides is 2. The summed E-state index contributed by atoms with van der Waals surface area (Å²) in [7, 11) is 1.67. The van der Waals surface area contributed by atoms with Crippen molar-refractivity contribution in [3.05, 3.63) is 54.4 Å². The molecular weight excluding hydrogens is 316 g/mol. The summed E-state index contributed by atoms with van der Waals surface area (Å²) in [6.07, 6.45) is 5.69. The first kappa shape index (κ1) is 17.2. The molecule has 2 N–H and O–H groups in total. The molecule has 25 heavy (non-hydrogen) atoms. The topological polar surface area (TPSA) is 66.5 Å². The molecule has 2 heterocycles. The lowest BCUT2D eigenvalue weighted by molar-refractivity contribution is 0.227. The zero-order valence-electron chi connectivity index (χ0n) is 14.4. The minimum Gasteiger partial charge on any atom is -0.497 e. The highest BCUT2D eigenvalue weighted by Gasteiger charge is 2.24. The Morgan fingerprint density at radius 2 is 2.12 bits per heavy atom. The highest BCUT2D eigenvalue weighted by atomic mass is 16.5. The summed E-state index contributed by atoms with van der Waals surface area (Å²) < 4.78 is 5.35. The summed E-state index contributed by atoms with van der Waals surface area (Å²) in [6.45, 7) is 2.64. The fraction of sp³-hybridized carbons (Fsp3) is 0.368. The summed E-state index contributed by atoms with van der Waals surface area (Å²) in [4.78, 5) is 18.6. The van der Waals surface area contributed by atoms with Crippen molar-refractivity contribution in [2.24, 2.45) is 0 Å². The van der Waals surface area contributed by atoms with Crippen LogP contribution in [0.5, 0.6) is 5.75 Å². The van der Waals surface area contributed by atoms with Gasteiger partial charge < -0.3 is 15.4 Å². The zero-order valence-corrected chi connectivity index (χ0v) is 14.4. The summed E-state index contributed by atoms with van der Waals surface area (Å²) in [5.74, 6) is 0.835. The van der Waals surface area contributed by atoms with Crippen molar-refractivity contribution in [1.29, 1.82) is 0 Å². The molecule has 0 bridgehead atoms.